The fourth-order valence-corrected chi connectivity index (χ4v) is 3.60. The molecule has 0 spiro atoms. The largest absolute Gasteiger partial charge is 0.490 e. The van der Waals surface area contributed by atoms with Crippen molar-refractivity contribution in [2.45, 2.75) is 26.6 Å². The lowest BCUT2D eigenvalue weighted by atomic mass is 9.91. The van der Waals surface area contributed by atoms with E-state index in [1.807, 2.05) is 31.2 Å². The molecular formula is C22H22F2N4O2. The number of nitrogens with one attached hydrogen (secondary N) is 2. The normalized spacial score (nSPS) is 18.8. The summed E-state index contributed by atoms with van der Waals surface area (Å²) >= 11 is 0. The lowest BCUT2D eigenvalue weighted by Crippen LogP contribution is -2.23. The Morgan fingerprint density at radius 2 is 2.17 bits per heavy atom. The van der Waals surface area contributed by atoms with Crippen LogP contribution in [0.4, 0.5) is 20.4 Å². The van der Waals surface area contributed by atoms with Crippen molar-refractivity contribution in [1.82, 2.24) is 14.5 Å². The number of alkyl halides is 1. The third kappa shape index (κ3) is 3.72. The van der Waals surface area contributed by atoms with Crippen LogP contribution < -0.4 is 15.6 Å². The van der Waals surface area contributed by atoms with Gasteiger partial charge in [-0.2, -0.15) is 4.98 Å². The number of ether oxygens (including phenoxy) is 1. The number of anilines is 2. The summed E-state index contributed by atoms with van der Waals surface area (Å²) in [6.45, 7) is 3.80. The first kappa shape index (κ1) is 19.9. The van der Waals surface area contributed by atoms with Crippen molar-refractivity contribution >= 4 is 22.5 Å². The molecule has 2 atom stereocenters. The van der Waals surface area contributed by atoms with Gasteiger partial charge in [0.25, 0.3) is 0 Å². The predicted octanol–water partition coefficient (Wildman–Crippen LogP) is 4.55. The number of halogens is 2. The molecule has 0 bridgehead atoms. The second kappa shape index (κ2) is 7.78. The topological polar surface area (TPSA) is 71.9 Å². The first-order valence-electron chi connectivity index (χ1n) is 9.58. The highest BCUT2D eigenvalue weighted by Gasteiger charge is 2.24. The SMILES string of the molecule is COc1cn(CC2=CC(F)=CC(F)C2C)c(Nc2cccc3[nH]c(C)cc23)nc1=O. The number of aromatic nitrogens is 3. The molecule has 0 fully saturated rings. The van der Waals surface area contributed by atoms with E-state index >= 15 is 0 Å². The maximum Gasteiger partial charge on any atom is 0.316 e. The van der Waals surface area contributed by atoms with Crippen LogP contribution in [0.5, 0.6) is 5.75 Å². The highest BCUT2D eigenvalue weighted by Crippen LogP contribution is 2.30. The zero-order valence-corrected chi connectivity index (χ0v) is 16.9. The molecule has 6 nitrogen and oxygen atoms in total. The number of aromatic amines is 1. The summed E-state index contributed by atoms with van der Waals surface area (Å²) in [5.74, 6) is -0.809. The molecule has 0 amide bonds. The Hall–Kier alpha value is -3.42. The van der Waals surface area contributed by atoms with Gasteiger partial charge in [0.15, 0.2) is 0 Å². The zero-order valence-electron chi connectivity index (χ0n) is 16.9. The average molecular weight is 412 g/mol. The standard InChI is InChI=1S/C22H22F2N4O2/c1-12-7-16-18(25-12)5-4-6-19(16)26-22-27-21(29)20(30-3)11-28(22)10-14-8-15(23)9-17(24)13(14)2/h4-9,11,13,17,25H,10H2,1-3H3,(H,26,27,29). The number of nitrogens with zero attached hydrogens (tertiary/aromatic N) is 2. The summed E-state index contributed by atoms with van der Waals surface area (Å²) in [5.41, 5.74) is 2.71. The van der Waals surface area contributed by atoms with Gasteiger partial charge in [-0.1, -0.05) is 13.0 Å². The van der Waals surface area contributed by atoms with Crippen molar-refractivity contribution in [2.75, 3.05) is 12.4 Å². The minimum absolute atomic E-state index is 0.0492. The van der Waals surface area contributed by atoms with Gasteiger partial charge < -0.3 is 19.6 Å². The lowest BCUT2D eigenvalue weighted by molar-refractivity contribution is 0.309. The third-order valence-electron chi connectivity index (χ3n) is 5.29. The highest BCUT2D eigenvalue weighted by atomic mass is 19.1. The Kier molecular flexibility index (Phi) is 5.15. The van der Waals surface area contributed by atoms with E-state index < -0.39 is 23.5 Å². The summed E-state index contributed by atoms with van der Waals surface area (Å²) in [6.07, 6.45) is 2.38. The van der Waals surface area contributed by atoms with Crippen LogP contribution in [0.2, 0.25) is 0 Å². The Morgan fingerprint density at radius 3 is 2.93 bits per heavy atom. The summed E-state index contributed by atoms with van der Waals surface area (Å²) in [6, 6.07) is 7.70. The van der Waals surface area contributed by atoms with E-state index in [0.29, 0.717) is 5.57 Å². The molecule has 3 aromatic rings. The van der Waals surface area contributed by atoms with E-state index in [0.717, 1.165) is 28.4 Å². The van der Waals surface area contributed by atoms with Crippen LogP contribution in [0.3, 0.4) is 0 Å². The van der Waals surface area contributed by atoms with Crippen LogP contribution in [-0.2, 0) is 6.54 Å². The Morgan fingerprint density at radius 1 is 1.37 bits per heavy atom. The summed E-state index contributed by atoms with van der Waals surface area (Å²) in [7, 11) is 1.38. The molecule has 1 aliphatic rings. The molecule has 1 aromatic carbocycles. The molecule has 4 rings (SSSR count). The third-order valence-corrected chi connectivity index (χ3v) is 5.29. The molecule has 0 radical (unpaired) electrons. The van der Waals surface area contributed by atoms with Gasteiger partial charge >= 0.3 is 5.56 Å². The Labute approximate surface area is 171 Å². The van der Waals surface area contributed by atoms with Gasteiger partial charge in [-0.05, 0) is 42.8 Å². The van der Waals surface area contributed by atoms with Gasteiger partial charge in [0.2, 0.25) is 11.7 Å². The number of aryl methyl sites for hydroxylation is 1. The van der Waals surface area contributed by atoms with Crippen LogP contribution in [0.15, 0.2) is 58.8 Å². The highest BCUT2D eigenvalue weighted by molar-refractivity contribution is 5.93. The van der Waals surface area contributed by atoms with Crippen molar-refractivity contribution in [3.63, 3.8) is 0 Å². The quantitative estimate of drug-likeness (QED) is 0.645. The van der Waals surface area contributed by atoms with Crippen molar-refractivity contribution in [3.05, 3.63) is 70.1 Å². The number of allylic oxidation sites excluding steroid dienone is 4. The minimum Gasteiger partial charge on any atom is -0.490 e. The first-order chi connectivity index (χ1) is 14.4. The molecule has 2 unspecified atom stereocenters. The molecule has 156 valence electrons. The van der Waals surface area contributed by atoms with Crippen LogP contribution in [0.25, 0.3) is 10.9 Å². The van der Waals surface area contributed by atoms with Gasteiger partial charge in [0.05, 0.1) is 19.0 Å². The lowest BCUT2D eigenvalue weighted by Gasteiger charge is -2.24. The van der Waals surface area contributed by atoms with Crippen LogP contribution in [0, 0.1) is 12.8 Å². The number of benzene rings is 1. The molecule has 2 heterocycles. The van der Waals surface area contributed by atoms with Crippen LogP contribution in [-0.4, -0.2) is 27.8 Å². The van der Waals surface area contributed by atoms with E-state index in [1.54, 1.807) is 11.5 Å². The van der Waals surface area contributed by atoms with E-state index in [-0.39, 0.29) is 18.2 Å². The number of hydrogen-bond acceptors (Lipinski definition) is 4. The fourth-order valence-electron chi connectivity index (χ4n) is 3.60. The van der Waals surface area contributed by atoms with E-state index in [1.165, 1.54) is 19.4 Å². The van der Waals surface area contributed by atoms with Gasteiger partial charge in [-0.3, -0.25) is 4.79 Å². The fraction of sp³-hybridized carbons (Fsp3) is 0.273. The second-order valence-corrected chi connectivity index (χ2v) is 7.41. The maximum atomic E-state index is 14.1. The number of rotatable bonds is 5. The molecular weight excluding hydrogens is 390 g/mol. The number of H-pyrrole nitrogens is 1. The molecule has 0 aliphatic heterocycles. The average Bonchev–Trinajstić information content (AvgIpc) is 3.08. The smallest absolute Gasteiger partial charge is 0.316 e. The minimum atomic E-state index is -1.41. The Balaban J connectivity index is 1.77. The molecule has 2 aromatic heterocycles. The number of hydrogen-bond donors (Lipinski definition) is 2. The molecule has 0 saturated heterocycles. The van der Waals surface area contributed by atoms with Gasteiger partial charge in [0.1, 0.15) is 12.0 Å². The van der Waals surface area contributed by atoms with Crippen LogP contribution >= 0.6 is 0 Å². The zero-order chi connectivity index (χ0) is 21.4. The van der Waals surface area contributed by atoms with Gasteiger partial charge in [-0.15, -0.1) is 0 Å². The molecule has 1 aliphatic carbocycles. The van der Waals surface area contributed by atoms with Crippen molar-refractivity contribution in [3.8, 4) is 5.75 Å². The van der Waals surface area contributed by atoms with Crippen molar-refractivity contribution in [2.24, 2.45) is 5.92 Å². The predicted molar refractivity (Wildman–Crippen MR) is 113 cm³/mol. The van der Waals surface area contributed by atoms with Gasteiger partial charge in [-0.25, -0.2) is 8.78 Å². The van der Waals surface area contributed by atoms with Crippen molar-refractivity contribution in [1.29, 1.82) is 0 Å². The number of methoxy groups -OCH3 is 1. The van der Waals surface area contributed by atoms with Gasteiger partial charge in [0, 0.05) is 29.1 Å². The molecule has 8 heteroatoms. The summed E-state index contributed by atoms with van der Waals surface area (Å²) in [5, 5.41) is 4.13. The van der Waals surface area contributed by atoms with Crippen LogP contribution in [0.1, 0.15) is 12.6 Å². The van der Waals surface area contributed by atoms with E-state index in [2.05, 4.69) is 15.3 Å². The first-order valence-corrected chi connectivity index (χ1v) is 9.58. The molecule has 30 heavy (non-hydrogen) atoms. The second-order valence-electron chi connectivity index (χ2n) is 7.41. The van der Waals surface area contributed by atoms with Crippen molar-refractivity contribution < 1.29 is 13.5 Å². The molecule has 2 N–H and O–H groups in total. The maximum absolute atomic E-state index is 14.1. The summed E-state index contributed by atoms with van der Waals surface area (Å²) in [4.78, 5) is 19.7. The molecule has 0 saturated carbocycles. The van der Waals surface area contributed by atoms with E-state index in [9.17, 15) is 13.6 Å². The summed E-state index contributed by atoms with van der Waals surface area (Å²) < 4.78 is 34.7. The van der Waals surface area contributed by atoms with E-state index in [4.69, 9.17) is 4.74 Å². The number of fused-ring (bicyclic) bond motifs is 1. The Bertz CT molecular complexity index is 1230. The monoisotopic (exact) mass is 412 g/mol.